The molecular weight excluding hydrogens is 359 g/mol. The molecule has 0 radical (unpaired) electrons. The van der Waals surface area contributed by atoms with Crippen molar-refractivity contribution in [1.29, 1.82) is 0 Å². The van der Waals surface area contributed by atoms with Crippen molar-refractivity contribution in [3.05, 3.63) is 0 Å². The Morgan fingerprint density at radius 1 is 1.07 bits per heavy atom. The molecule has 0 aliphatic heterocycles. The van der Waals surface area contributed by atoms with Gasteiger partial charge in [0.1, 0.15) is 0 Å². The molecule has 0 spiro atoms. The molecule has 4 aliphatic rings. The number of aliphatic carboxylic acids is 1. The number of hydrogen-bond donors (Lipinski definition) is 2. The van der Waals surface area contributed by atoms with Gasteiger partial charge in [-0.15, -0.1) is 0 Å². The minimum atomic E-state index is -0.957. The Labute approximate surface area is 188 Å². The topological polar surface area (TPSA) is 80.6 Å². The molecule has 4 rings (SSSR count). The van der Waals surface area contributed by atoms with Crippen LogP contribution >= 0.6 is 0 Å². The third kappa shape index (κ3) is 3.75. The van der Waals surface area contributed by atoms with Gasteiger partial charge in [-0.25, -0.2) is 0 Å². The predicted octanol–water partition coefficient (Wildman–Crippen LogP) is 0.147. The van der Waals surface area contributed by atoms with E-state index in [0.717, 1.165) is 32.1 Å². The summed E-state index contributed by atoms with van der Waals surface area (Å²) < 4.78 is 0. The number of fused-ring (bicyclic) bond motifs is 5. The number of carbonyl (C=O) groups excluding carboxylic acids is 1. The second-order valence-electron chi connectivity index (χ2n) is 11.3. The van der Waals surface area contributed by atoms with Gasteiger partial charge in [-0.3, -0.25) is 0 Å². The summed E-state index contributed by atoms with van der Waals surface area (Å²) in [5.74, 6) is 2.19. The molecule has 4 aliphatic carbocycles. The Morgan fingerprint density at radius 2 is 1.79 bits per heavy atom. The number of hydrogen-bond acceptors (Lipinski definition) is 4. The fourth-order valence-corrected chi connectivity index (χ4v) is 8.71. The molecule has 0 bridgehead atoms. The molecule has 160 valence electrons. The molecular formula is C24H39LiO4. The van der Waals surface area contributed by atoms with Crippen LogP contribution in [0.1, 0.15) is 85.0 Å². The third-order valence-electron chi connectivity index (χ3n) is 10.3. The molecule has 0 aromatic rings. The Balaban J connectivity index is 0.00000240. The molecule has 0 saturated heterocycles. The zero-order chi connectivity index (χ0) is 20.3. The number of aliphatic hydroxyl groups excluding tert-OH is 2. The standard InChI is InChI=1S/C24H40O4.Li/c1-14(4-9-22(27)28)18-7-8-19-17-6-5-15-12-16(25)10-11-23(15,2)20(17)13-21(26)24(18,19)3;/h14-21,25-26H,4-13H2,1-3H3,(H,27,28);/q;+1/p-1/t14-,15-,16-,17+,18-,19+,20+,21+,23+,24-;/m1./s1. The molecule has 2 N–H and O–H groups in total. The van der Waals surface area contributed by atoms with Crippen LogP contribution in [-0.2, 0) is 4.79 Å². The van der Waals surface area contributed by atoms with Crippen molar-refractivity contribution in [3.8, 4) is 0 Å². The SMILES string of the molecule is C[C@H](CCC(=O)[O-])[C@H]1CC[C@H]2[C@@H]3CC[C@@H]4C[C@H](O)CC[C@]4(C)[C@H]3C[C@H](O)[C@]12C.[Li+]. The second kappa shape index (κ2) is 8.49. The Kier molecular flexibility index (Phi) is 6.93. The summed E-state index contributed by atoms with van der Waals surface area (Å²) in [4.78, 5) is 10.9. The Hall–Kier alpha value is -0.0126. The van der Waals surface area contributed by atoms with E-state index in [9.17, 15) is 20.1 Å². The van der Waals surface area contributed by atoms with Crippen LogP contribution in [0.5, 0.6) is 0 Å². The molecule has 4 fully saturated rings. The van der Waals surface area contributed by atoms with Crippen molar-refractivity contribution >= 4 is 5.97 Å². The summed E-state index contributed by atoms with van der Waals surface area (Å²) in [5.41, 5.74) is 0.188. The van der Waals surface area contributed by atoms with Crippen LogP contribution < -0.4 is 24.0 Å². The molecule has 5 heteroatoms. The number of carboxylic acids is 1. The molecule has 0 aromatic heterocycles. The average Bonchev–Trinajstić information content (AvgIpc) is 3.00. The summed E-state index contributed by atoms with van der Waals surface area (Å²) in [5, 5.41) is 32.6. The van der Waals surface area contributed by atoms with Crippen LogP contribution in [-0.4, -0.2) is 28.4 Å². The van der Waals surface area contributed by atoms with Gasteiger partial charge in [0.15, 0.2) is 0 Å². The summed E-state index contributed by atoms with van der Waals surface area (Å²) in [7, 11) is 0. The van der Waals surface area contributed by atoms with Crippen molar-refractivity contribution in [3.63, 3.8) is 0 Å². The smallest absolute Gasteiger partial charge is 0.550 e. The van der Waals surface area contributed by atoms with Crippen LogP contribution in [0.4, 0.5) is 0 Å². The maximum Gasteiger partial charge on any atom is 1.00 e. The van der Waals surface area contributed by atoms with E-state index in [2.05, 4.69) is 20.8 Å². The largest absolute Gasteiger partial charge is 1.00 e. The van der Waals surface area contributed by atoms with E-state index >= 15 is 0 Å². The van der Waals surface area contributed by atoms with Gasteiger partial charge >= 0.3 is 18.9 Å². The van der Waals surface area contributed by atoms with Gasteiger partial charge in [-0.05, 0) is 111 Å². The average molecular weight is 399 g/mol. The summed E-state index contributed by atoms with van der Waals surface area (Å²) in [6.45, 7) is 6.94. The van der Waals surface area contributed by atoms with E-state index in [-0.39, 0.29) is 48.3 Å². The monoisotopic (exact) mass is 398 g/mol. The van der Waals surface area contributed by atoms with E-state index < -0.39 is 5.97 Å². The van der Waals surface area contributed by atoms with Gasteiger partial charge in [0.2, 0.25) is 0 Å². The molecule has 0 aromatic carbocycles. The summed E-state index contributed by atoms with van der Waals surface area (Å²) >= 11 is 0. The minimum Gasteiger partial charge on any atom is -0.550 e. The van der Waals surface area contributed by atoms with Crippen molar-refractivity contribution in [2.45, 2.75) is 97.2 Å². The van der Waals surface area contributed by atoms with Gasteiger partial charge in [0.25, 0.3) is 0 Å². The molecule has 4 nitrogen and oxygen atoms in total. The summed E-state index contributed by atoms with van der Waals surface area (Å²) in [6, 6.07) is 0. The first-order valence-corrected chi connectivity index (χ1v) is 11.7. The van der Waals surface area contributed by atoms with E-state index in [1.165, 1.54) is 19.3 Å². The third-order valence-corrected chi connectivity index (χ3v) is 10.3. The van der Waals surface area contributed by atoms with Gasteiger partial charge in [-0.1, -0.05) is 20.8 Å². The van der Waals surface area contributed by atoms with Crippen molar-refractivity contribution < 1.29 is 39.0 Å². The summed E-state index contributed by atoms with van der Waals surface area (Å²) in [6.07, 6.45) is 8.98. The van der Waals surface area contributed by atoms with Crippen LogP contribution in [0.15, 0.2) is 0 Å². The molecule has 10 atom stereocenters. The zero-order valence-corrected chi connectivity index (χ0v) is 18.9. The van der Waals surface area contributed by atoms with Crippen LogP contribution in [0.2, 0.25) is 0 Å². The van der Waals surface area contributed by atoms with Crippen molar-refractivity contribution in [2.24, 2.45) is 46.3 Å². The maximum atomic E-state index is 11.5. The van der Waals surface area contributed by atoms with Gasteiger partial charge in [0, 0.05) is 5.97 Å². The van der Waals surface area contributed by atoms with E-state index in [4.69, 9.17) is 0 Å². The fraction of sp³-hybridized carbons (Fsp3) is 0.958. The molecule has 0 unspecified atom stereocenters. The van der Waals surface area contributed by atoms with E-state index in [0.29, 0.717) is 41.9 Å². The number of aliphatic hydroxyl groups is 2. The first-order chi connectivity index (χ1) is 13.2. The number of rotatable bonds is 4. The quantitative estimate of drug-likeness (QED) is 0.661. The van der Waals surface area contributed by atoms with Gasteiger partial charge in [0.05, 0.1) is 12.2 Å². The van der Waals surface area contributed by atoms with Crippen LogP contribution in [0, 0.1) is 46.3 Å². The zero-order valence-electron chi connectivity index (χ0n) is 18.9. The predicted molar refractivity (Wildman–Crippen MR) is 106 cm³/mol. The molecule has 29 heavy (non-hydrogen) atoms. The fourth-order valence-electron chi connectivity index (χ4n) is 8.71. The van der Waals surface area contributed by atoms with Crippen LogP contribution in [0.3, 0.4) is 0 Å². The van der Waals surface area contributed by atoms with Crippen LogP contribution in [0.25, 0.3) is 0 Å². The van der Waals surface area contributed by atoms with Gasteiger partial charge in [-0.2, -0.15) is 0 Å². The minimum absolute atomic E-state index is 0. The molecule has 0 amide bonds. The number of carbonyl (C=O) groups is 1. The van der Waals surface area contributed by atoms with Crippen molar-refractivity contribution in [1.82, 2.24) is 0 Å². The Morgan fingerprint density at radius 3 is 2.48 bits per heavy atom. The van der Waals surface area contributed by atoms with Crippen molar-refractivity contribution in [2.75, 3.05) is 0 Å². The first kappa shape index (κ1) is 23.6. The number of carboxylic acid groups (broad SMARTS) is 1. The Bertz CT molecular complexity index is 612. The normalized spacial score (nSPS) is 49.9. The van der Waals surface area contributed by atoms with E-state index in [1.54, 1.807) is 0 Å². The molecule has 0 heterocycles. The maximum absolute atomic E-state index is 11.5. The van der Waals surface area contributed by atoms with Gasteiger partial charge < -0.3 is 20.1 Å². The molecule has 4 saturated carbocycles. The second-order valence-corrected chi connectivity index (χ2v) is 11.3. The first-order valence-electron chi connectivity index (χ1n) is 11.7. The van der Waals surface area contributed by atoms with E-state index in [1.807, 2.05) is 0 Å².